The number of rotatable bonds is 5. The van der Waals surface area contributed by atoms with E-state index < -0.39 is 11.4 Å². The summed E-state index contributed by atoms with van der Waals surface area (Å²) in [5, 5.41) is 9.65. The molecular weight excluding hydrogens is 408 g/mol. The van der Waals surface area contributed by atoms with Crippen LogP contribution in [-0.4, -0.2) is 30.7 Å². The second-order valence-electron chi connectivity index (χ2n) is 8.93. The van der Waals surface area contributed by atoms with Gasteiger partial charge in [0.25, 0.3) is 0 Å². The molecule has 2 amide bonds. The molecule has 5 N–H and O–H groups in total. The van der Waals surface area contributed by atoms with Crippen LogP contribution in [0.2, 0.25) is 0 Å². The maximum Gasteiger partial charge on any atom is 0.248 e. The van der Waals surface area contributed by atoms with E-state index in [2.05, 4.69) is 54.6 Å². The van der Waals surface area contributed by atoms with Crippen LogP contribution < -0.4 is 21.7 Å². The quantitative estimate of drug-likeness (QED) is 0.452. The molecule has 1 unspecified atom stereocenters. The number of hydrogen-bond donors (Lipinski definition) is 5. The molecule has 6 nitrogen and oxygen atoms in total. The van der Waals surface area contributed by atoms with E-state index >= 15 is 0 Å². The monoisotopic (exact) mass is 442 g/mol. The molecule has 2 aromatic rings. The van der Waals surface area contributed by atoms with E-state index in [1.807, 2.05) is 38.1 Å². The molecule has 0 fully saturated rings. The van der Waals surface area contributed by atoms with Crippen LogP contribution in [0.15, 0.2) is 42.5 Å². The van der Waals surface area contributed by atoms with Gasteiger partial charge in [-0.15, -0.1) is 0 Å². The van der Waals surface area contributed by atoms with Crippen LogP contribution in [0, 0.1) is 5.41 Å². The Balaban J connectivity index is 0.00000166. The van der Waals surface area contributed by atoms with Crippen molar-refractivity contribution in [2.45, 2.75) is 45.7 Å². The summed E-state index contributed by atoms with van der Waals surface area (Å²) in [6, 6.07) is 13.8. The second kappa shape index (κ2) is 9.64. The van der Waals surface area contributed by atoms with Crippen molar-refractivity contribution < 1.29 is 9.59 Å². The minimum absolute atomic E-state index is 0.0711. The van der Waals surface area contributed by atoms with Crippen LogP contribution in [0.5, 0.6) is 0 Å². The summed E-state index contributed by atoms with van der Waals surface area (Å²) in [5.74, 6) is -0.483. The Labute approximate surface area is 190 Å². The summed E-state index contributed by atoms with van der Waals surface area (Å²) in [5.41, 5.74) is 9.30. The number of benzene rings is 2. The van der Waals surface area contributed by atoms with Crippen LogP contribution in [0.1, 0.15) is 55.2 Å². The Hall–Kier alpha value is -2.67. The number of hydrogen-bond acceptors (Lipinski definition) is 5. The molecule has 0 bridgehead atoms. The van der Waals surface area contributed by atoms with Crippen molar-refractivity contribution in [3.63, 3.8) is 0 Å². The Bertz CT molecular complexity index is 956. The second-order valence-corrected chi connectivity index (χ2v) is 8.93. The van der Waals surface area contributed by atoms with Crippen LogP contribution in [0.4, 0.5) is 11.4 Å². The number of carbonyl (C=O) groups excluding carboxylic acids is 2. The smallest absolute Gasteiger partial charge is 0.248 e. The van der Waals surface area contributed by atoms with Gasteiger partial charge in [-0.05, 0) is 73.4 Å². The Morgan fingerprint density at radius 1 is 1.16 bits per heavy atom. The van der Waals surface area contributed by atoms with Crippen molar-refractivity contribution in [1.29, 1.82) is 0 Å². The SMILES string of the molecule is CNC(=O)C(C)(C)Nc1cccc(C2Nc3ccc(C(N)=O)cc3CC2(C)C)c1.CS. The van der Waals surface area contributed by atoms with E-state index in [1.165, 1.54) is 0 Å². The third kappa shape index (κ3) is 5.53. The summed E-state index contributed by atoms with van der Waals surface area (Å²) >= 11 is 3.53. The van der Waals surface area contributed by atoms with E-state index in [4.69, 9.17) is 5.73 Å². The highest BCUT2D eigenvalue weighted by atomic mass is 32.1. The van der Waals surface area contributed by atoms with Crippen molar-refractivity contribution in [1.82, 2.24) is 5.32 Å². The van der Waals surface area contributed by atoms with Crippen LogP contribution in [-0.2, 0) is 11.2 Å². The molecule has 1 aliphatic heterocycles. The summed E-state index contributed by atoms with van der Waals surface area (Å²) in [6.07, 6.45) is 2.52. The van der Waals surface area contributed by atoms with Gasteiger partial charge >= 0.3 is 0 Å². The van der Waals surface area contributed by atoms with Gasteiger partial charge in [-0.3, -0.25) is 9.59 Å². The average Bonchev–Trinajstić information content (AvgIpc) is 2.72. The minimum Gasteiger partial charge on any atom is -0.377 e. The van der Waals surface area contributed by atoms with Crippen molar-refractivity contribution in [2.75, 3.05) is 23.9 Å². The van der Waals surface area contributed by atoms with Crippen LogP contribution in [0.3, 0.4) is 0 Å². The number of carbonyl (C=O) groups is 2. The van der Waals surface area contributed by atoms with Gasteiger partial charge in [0, 0.05) is 24.0 Å². The summed E-state index contributed by atoms with van der Waals surface area (Å²) in [6.45, 7) is 8.12. The number of nitrogens with one attached hydrogen (secondary N) is 3. The van der Waals surface area contributed by atoms with Gasteiger partial charge in [-0.2, -0.15) is 12.6 Å². The number of anilines is 2. The number of primary amides is 1. The molecule has 0 saturated heterocycles. The predicted octanol–water partition coefficient (Wildman–Crippen LogP) is 4.00. The van der Waals surface area contributed by atoms with Gasteiger partial charge in [0.1, 0.15) is 5.54 Å². The number of likely N-dealkylation sites (N-methyl/N-ethyl adjacent to an activating group) is 1. The maximum atomic E-state index is 12.1. The average molecular weight is 443 g/mol. The topological polar surface area (TPSA) is 96.2 Å². The molecule has 0 radical (unpaired) electrons. The summed E-state index contributed by atoms with van der Waals surface area (Å²) in [4.78, 5) is 23.6. The van der Waals surface area contributed by atoms with Crippen LogP contribution in [0.25, 0.3) is 0 Å². The largest absolute Gasteiger partial charge is 0.377 e. The van der Waals surface area contributed by atoms with Gasteiger partial charge in [0.2, 0.25) is 11.8 Å². The number of fused-ring (bicyclic) bond motifs is 1. The standard InChI is InChI=1S/C23H30N4O2.CH4S/c1-22(2)13-16-11-15(20(24)28)9-10-18(16)26-19(22)14-7-6-8-17(12-14)27-23(3,4)21(29)25-5;1-2/h6-12,19,26-27H,13H2,1-5H3,(H2,24,28)(H,25,29);2H,1H3. The molecular formula is C24H34N4O2S. The maximum absolute atomic E-state index is 12.1. The lowest BCUT2D eigenvalue weighted by atomic mass is 9.72. The normalized spacial score (nSPS) is 16.7. The van der Waals surface area contributed by atoms with Gasteiger partial charge < -0.3 is 21.7 Å². The first-order chi connectivity index (χ1) is 14.5. The zero-order chi connectivity index (χ0) is 23.4. The molecule has 1 aliphatic rings. The lowest BCUT2D eigenvalue weighted by molar-refractivity contribution is -0.123. The molecule has 3 rings (SSSR count). The first kappa shape index (κ1) is 24.6. The molecule has 0 aliphatic carbocycles. The van der Waals surface area contributed by atoms with Gasteiger partial charge in [-0.25, -0.2) is 0 Å². The molecule has 7 heteroatoms. The van der Waals surface area contributed by atoms with Gasteiger partial charge in [-0.1, -0.05) is 26.0 Å². The Morgan fingerprint density at radius 3 is 2.45 bits per heavy atom. The van der Waals surface area contributed by atoms with Crippen LogP contribution >= 0.6 is 12.6 Å². The molecule has 168 valence electrons. The van der Waals surface area contributed by atoms with Crippen molar-refractivity contribution >= 4 is 35.8 Å². The number of thiol groups is 1. The minimum atomic E-state index is -0.722. The third-order valence-electron chi connectivity index (χ3n) is 5.59. The fraction of sp³-hybridized carbons (Fsp3) is 0.417. The molecule has 0 saturated carbocycles. The summed E-state index contributed by atoms with van der Waals surface area (Å²) < 4.78 is 0. The van der Waals surface area contributed by atoms with E-state index in [0.717, 1.165) is 28.9 Å². The Morgan fingerprint density at radius 2 is 1.84 bits per heavy atom. The van der Waals surface area contributed by atoms with Crippen molar-refractivity contribution in [2.24, 2.45) is 11.1 Å². The van der Waals surface area contributed by atoms with Crippen molar-refractivity contribution in [3.8, 4) is 0 Å². The lowest BCUT2D eigenvalue weighted by Gasteiger charge is -2.41. The Kier molecular flexibility index (Phi) is 7.65. The predicted molar refractivity (Wildman–Crippen MR) is 132 cm³/mol. The van der Waals surface area contributed by atoms with E-state index in [1.54, 1.807) is 19.4 Å². The fourth-order valence-corrected chi connectivity index (χ4v) is 4.04. The molecule has 2 aromatic carbocycles. The fourth-order valence-electron chi connectivity index (χ4n) is 4.04. The van der Waals surface area contributed by atoms with E-state index in [0.29, 0.717) is 5.56 Å². The lowest BCUT2D eigenvalue weighted by Crippen LogP contribution is -2.46. The third-order valence-corrected chi connectivity index (χ3v) is 5.59. The first-order valence-corrected chi connectivity index (χ1v) is 11.2. The van der Waals surface area contributed by atoms with Gasteiger partial charge in [0.05, 0.1) is 6.04 Å². The molecule has 0 aromatic heterocycles. The highest BCUT2D eigenvalue weighted by Gasteiger charge is 2.36. The van der Waals surface area contributed by atoms with E-state index in [9.17, 15) is 9.59 Å². The van der Waals surface area contributed by atoms with E-state index in [-0.39, 0.29) is 17.4 Å². The van der Waals surface area contributed by atoms with Gasteiger partial charge in [0.15, 0.2) is 0 Å². The summed E-state index contributed by atoms with van der Waals surface area (Å²) in [7, 11) is 1.64. The zero-order valence-corrected chi connectivity index (χ0v) is 20.1. The number of amides is 2. The molecule has 0 spiro atoms. The van der Waals surface area contributed by atoms with Crippen molar-refractivity contribution in [3.05, 3.63) is 59.2 Å². The molecule has 1 heterocycles. The number of nitrogens with two attached hydrogens (primary N) is 1. The highest BCUT2D eigenvalue weighted by Crippen LogP contribution is 2.45. The highest BCUT2D eigenvalue weighted by molar-refractivity contribution is 7.79. The zero-order valence-electron chi connectivity index (χ0n) is 19.2. The molecule has 31 heavy (non-hydrogen) atoms. The molecule has 1 atom stereocenters. The first-order valence-electron chi connectivity index (χ1n) is 10.3.